The van der Waals surface area contributed by atoms with Crippen LogP contribution in [0.15, 0.2) is 0 Å². The van der Waals surface area contributed by atoms with Gasteiger partial charge < -0.3 is 9.47 Å². The highest BCUT2D eigenvalue weighted by atomic mass is 16.6. The van der Waals surface area contributed by atoms with Gasteiger partial charge in [0.25, 0.3) is 0 Å². The molecule has 1 heterocycles. The minimum Gasteiger partial charge on any atom is -0.382 e. The van der Waals surface area contributed by atoms with Crippen LogP contribution in [-0.4, -0.2) is 26.4 Å². The summed E-state index contributed by atoms with van der Waals surface area (Å²) in [5, 5.41) is 0. The Kier molecular flexibility index (Phi) is 8.07. The minimum absolute atomic E-state index is 0.426. The van der Waals surface area contributed by atoms with Crippen molar-refractivity contribution >= 4 is 0 Å². The fourth-order valence-corrected chi connectivity index (χ4v) is 1.85. The van der Waals surface area contributed by atoms with Crippen LogP contribution in [0.5, 0.6) is 0 Å². The number of hydrogen-bond donors (Lipinski definition) is 0. The van der Waals surface area contributed by atoms with E-state index in [4.69, 9.17) is 9.47 Å². The van der Waals surface area contributed by atoms with Gasteiger partial charge in [-0.3, -0.25) is 0 Å². The van der Waals surface area contributed by atoms with Crippen molar-refractivity contribution in [2.75, 3.05) is 20.3 Å². The molecule has 0 spiro atoms. The Hall–Kier alpha value is -0.0800. The highest BCUT2D eigenvalue weighted by Gasteiger charge is 2.21. The van der Waals surface area contributed by atoms with Crippen molar-refractivity contribution in [3.05, 3.63) is 0 Å². The van der Waals surface area contributed by atoms with Gasteiger partial charge in [-0.15, -0.1) is 0 Å². The number of methoxy groups -OCH3 is 1. The molecule has 15 heavy (non-hydrogen) atoms. The molecular weight excluding hydrogens is 188 g/mol. The minimum atomic E-state index is 0.426. The van der Waals surface area contributed by atoms with E-state index in [9.17, 15) is 0 Å². The molecule has 1 rings (SSSR count). The van der Waals surface area contributed by atoms with Crippen LogP contribution in [-0.2, 0) is 9.47 Å². The molecule has 2 nitrogen and oxygen atoms in total. The van der Waals surface area contributed by atoms with Crippen LogP contribution in [0, 0.1) is 5.41 Å². The third kappa shape index (κ3) is 6.16. The molecule has 2 heteroatoms. The van der Waals surface area contributed by atoms with Crippen LogP contribution < -0.4 is 0 Å². The van der Waals surface area contributed by atoms with Crippen molar-refractivity contribution in [1.29, 1.82) is 0 Å². The first-order chi connectivity index (χ1) is 7.17. The highest BCUT2D eigenvalue weighted by Crippen LogP contribution is 2.33. The van der Waals surface area contributed by atoms with Crippen molar-refractivity contribution in [1.82, 2.24) is 0 Å². The Balaban J connectivity index is 0.000000280. The van der Waals surface area contributed by atoms with Gasteiger partial charge in [0.2, 0.25) is 0 Å². The van der Waals surface area contributed by atoms with E-state index >= 15 is 0 Å². The third-order valence-electron chi connectivity index (χ3n) is 3.75. The maximum absolute atomic E-state index is 4.82. The zero-order valence-corrected chi connectivity index (χ0v) is 11.1. The zero-order chi connectivity index (χ0) is 11.7. The summed E-state index contributed by atoms with van der Waals surface area (Å²) in [7, 11) is 1.68. The summed E-state index contributed by atoms with van der Waals surface area (Å²) in [4.78, 5) is 0. The summed E-state index contributed by atoms with van der Waals surface area (Å²) >= 11 is 0. The number of ether oxygens (including phenoxy) is 2. The van der Waals surface area contributed by atoms with Gasteiger partial charge in [-0.2, -0.15) is 0 Å². The number of rotatable bonds is 6. The van der Waals surface area contributed by atoms with Gasteiger partial charge in [0.05, 0.1) is 13.2 Å². The Bertz CT molecular complexity index is 120. The second kappa shape index (κ2) is 8.12. The van der Waals surface area contributed by atoms with Crippen molar-refractivity contribution < 1.29 is 9.47 Å². The predicted octanol–water partition coefficient (Wildman–Crippen LogP) is 3.64. The lowest BCUT2D eigenvalue weighted by Crippen LogP contribution is -2.15. The molecule has 1 atom stereocenters. The molecule has 0 aromatic heterocycles. The van der Waals surface area contributed by atoms with E-state index in [-0.39, 0.29) is 0 Å². The van der Waals surface area contributed by atoms with Crippen LogP contribution in [0.25, 0.3) is 0 Å². The molecule has 0 aromatic rings. The molecule has 0 N–H and O–H groups in total. The Labute approximate surface area is 95.3 Å². The van der Waals surface area contributed by atoms with Crippen molar-refractivity contribution in [2.45, 2.75) is 59.5 Å². The standard InChI is InChI=1S/C9H20.C4H8O2/c1-5-9(6-2,7-3)8-4;1-5-2-4-3-6-4/h5-8H2,1-4H3;4H,2-3H2,1H3. The molecule has 0 aromatic carbocycles. The molecule has 0 amide bonds. The van der Waals surface area contributed by atoms with E-state index in [1.165, 1.54) is 25.7 Å². The molecule has 0 radical (unpaired) electrons. The zero-order valence-electron chi connectivity index (χ0n) is 11.1. The first kappa shape index (κ1) is 14.9. The second-order valence-corrected chi connectivity index (χ2v) is 4.32. The normalized spacial score (nSPS) is 19.4. The van der Waals surface area contributed by atoms with E-state index in [2.05, 4.69) is 27.7 Å². The van der Waals surface area contributed by atoms with E-state index in [0.29, 0.717) is 11.5 Å². The van der Waals surface area contributed by atoms with Crippen LogP contribution in [0.2, 0.25) is 0 Å². The van der Waals surface area contributed by atoms with Gasteiger partial charge in [0, 0.05) is 7.11 Å². The molecule has 92 valence electrons. The Morgan fingerprint density at radius 3 is 1.53 bits per heavy atom. The summed E-state index contributed by atoms with van der Waals surface area (Å²) in [5.74, 6) is 0. The maximum Gasteiger partial charge on any atom is 0.104 e. The van der Waals surface area contributed by atoms with Gasteiger partial charge in [-0.25, -0.2) is 0 Å². The van der Waals surface area contributed by atoms with Gasteiger partial charge in [-0.05, 0) is 5.41 Å². The van der Waals surface area contributed by atoms with Crippen LogP contribution in [0.3, 0.4) is 0 Å². The first-order valence-corrected chi connectivity index (χ1v) is 6.28. The molecule has 0 bridgehead atoms. The lowest BCUT2D eigenvalue weighted by atomic mass is 9.78. The van der Waals surface area contributed by atoms with Crippen molar-refractivity contribution in [3.63, 3.8) is 0 Å². The smallest absolute Gasteiger partial charge is 0.104 e. The summed E-state index contributed by atoms with van der Waals surface area (Å²) in [6.45, 7) is 10.9. The van der Waals surface area contributed by atoms with Crippen LogP contribution in [0.4, 0.5) is 0 Å². The third-order valence-corrected chi connectivity index (χ3v) is 3.75. The van der Waals surface area contributed by atoms with Crippen molar-refractivity contribution in [2.24, 2.45) is 5.41 Å². The van der Waals surface area contributed by atoms with E-state index in [1.54, 1.807) is 7.11 Å². The Morgan fingerprint density at radius 2 is 1.47 bits per heavy atom. The number of epoxide rings is 1. The Morgan fingerprint density at radius 1 is 1.07 bits per heavy atom. The fraction of sp³-hybridized carbons (Fsp3) is 1.00. The fourth-order valence-electron chi connectivity index (χ4n) is 1.85. The van der Waals surface area contributed by atoms with Crippen molar-refractivity contribution in [3.8, 4) is 0 Å². The molecule has 1 fully saturated rings. The molecule has 1 aliphatic rings. The lowest BCUT2D eigenvalue weighted by molar-refractivity contribution is 0.171. The first-order valence-electron chi connectivity index (χ1n) is 6.28. The van der Waals surface area contributed by atoms with Gasteiger partial charge in [-0.1, -0.05) is 53.4 Å². The molecular formula is C13H28O2. The van der Waals surface area contributed by atoms with Gasteiger partial charge >= 0.3 is 0 Å². The van der Waals surface area contributed by atoms with E-state index in [1.807, 2.05) is 0 Å². The summed E-state index contributed by atoms with van der Waals surface area (Å²) in [5.41, 5.74) is 0.667. The SMILES string of the molecule is CCC(CC)(CC)CC.COCC1CO1. The average Bonchev–Trinajstić information content (AvgIpc) is 3.08. The topological polar surface area (TPSA) is 21.8 Å². The highest BCUT2D eigenvalue weighted by molar-refractivity contribution is 4.72. The predicted molar refractivity (Wildman–Crippen MR) is 65.2 cm³/mol. The van der Waals surface area contributed by atoms with E-state index in [0.717, 1.165) is 13.2 Å². The average molecular weight is 216 g/mol. The second-order valence-electron chi connectivity index (χ2n) is 4.32. The largest absolute Gasteiger partial charge is 0.382 e. The van der Waals surface area contributed by atoms with E-state index < -0.39 is 0 Å². The van der Waals surface area contributed by atoms with Crippen LogP contribution in [0.1, 0.15) is 53.4 Å². The quantitative estimate of drug-likeness (QED) is 0.632. The van der Waals surface area contributed by atoms with Gasteiger partial charge in [0.15, 0.2) is 0 Å². The summed E-state index contributed by atoms with van der Waals surface area (Å²) in [6.07, 6.45) is 5.80. The number of hydrogen-bond acceptors (Lipinski definition) is 2. The maximum atomic E-state index is 4.82. The summed E-state index contributed by atoms with van der Waals surface area (Å²) < 4.78 is 9.56. The molecule has 1 saturated heterocycles. The molecule has 1 aliphatic heterocycles. The molecule has 0 aliphatic carbocycles. The monoisotopic (exact) mass is 216 g/mol. The van der Waals surface area contributed by atoms with Gasteiger partial charge in [0.1, 0.15) is 6.10 Å². The summed E-state index contributed by atoms with van der Waals surface area (Å²) in [6, 6.07) is 0. The molecule has 1 unspecified atom stereocenters. The molecule has 0 saturated carbocycles. The lowest BCUT2D eigenvalue weighted by Gasteiger charge is -2.28. The van der Waals surface area contributed by atoms with Crippen LogP contribution >= 0.6 is 0 Å².